The smallest absolute Gasteiger partial charge is 0.419 e. The fourth-order valence-electron chi connectivity index (χ4n) is 2.91. The van der Waals surface area contributed by atoms with Crippen LogP contribution in [0.1, 0.15) is 21.6 Å². The highest BCUT2D eigenvalue weighted by Gasteiger charge is 2.37. The van der Waals surface area contributed by atoms with E-state index in [4.69, 9.17) is 9.47 Å². The van der Waals surface area contributed by atoms with Gasteiger partial charge >= 0.3 is 6.18 Å². The van der Waals surface area contributed by atoms with Gasteiger partial charge in [0.1, 0.15) is 11.6 Å². The summed E-state index contributed by atoms with van der Waals surface area (Å²) in [4.78, 5) is 17.1. The highest BCUT2D eigenvalue weighted by atomic mass is 32.1. The Balaban J connectivity index is 2.00. The van der Waals surface area contributed by atoms with Crippen LogP contribution in [0, 0.1) is 12.7 Å². The van der Waals surface area contributed by atoms with E-state index < -0.39 is 37.1 Å². The predicted octanol–water partition coefficient (Wildman–Crippen LogP) is 5.58. The molecule has 13 heteroatoms. The number of nitrogens with one attached hydrogen (secondary N) is 1. The summed E-state index contributed by atoms with van der Waals surface area (Å²) >= 11 is 0.996. The van der Waals surface area contributed by atoms with Gasteiger partial charge in [-0.25, -0.2) is 4.39 Å². The molecule has 7 nitrogen and oxygen atoms in total. The lowest BCUT2D eigenvalue weighted by atomic mass is 9.96. The molecule has 34 heavy (non-hydrogen) atoms. The second-order valence-electron chi connectivity index (χ2n) is 8.55. The Bertz CT molecular complexity index is 1210. The van der Waals surface area contributed by atoms with Gasteiger partial charge in [-0.05, 0) is 36.5 Å². The van der Waals surface area contributed by atoms with E-state index in [1.54, 1.807) is 6.92 Å². The van der Waals surface area contributed by atoms with Crippen LogP contribution in [0.2, 0.25) is 19.6 Å². The maximum atomic E-state index is 15.1. The number of hydrogen-bond donors (Lipinski definition) is 1. The summed E-state index contributed by atoms with van der Waals surface area (Å²) in [5.41, 5.74) is -1.88. The average Bonchev–Trinajstić information content (AvgIpc) is 3.17. The Labute approximate surface area is 198 Å². The minimum absolute atomic E-state index is 0.106. The molecular weight excluding hydrogens is 492 g/mol. The first-order chi connectivity index (χ1) is 15.8. The fraction of sp³-hybridized carbons (Fsp3) is 0.333. The molecule has 0 aliphatic rings. The van der Waals surface area contributed by atoms with Crippen molar-refractivity contribution in [2.24, 2.45) is 0 Å². The van der Waals surface area contributed by atoms with Gasteiger partial charge < -0.3 is 9.47 Å². The second-order valence-corrected chi connectivity index (χ2v) is 14.9. The van der Waals surface area contributed by atoms with Crippen molar-refractivity contribution in [1.29, 1.82) is 0 Å². The van der Waals surface area contributed by atoms with E-state index in [9.17, 15) is 18.0 Å². The first-order valence-electron chi connectivity index (χ1n) is 9.98. The fourth-order valence-corrected chi connectivity index (χ4v) is 4.17. The third-order valence-corrected chi connectivity index (χ3v) is 6.20. The Morgan fingerprint density at radius 3 is 2.53 bits per heavy atom. The van der Waals surface area contributed by atoms with E-state index in [0.29, 0.717) is 18.0 Å². The van der Waals surface area contributed by atoms with Crippen molar-refractivity contribution >= 4 is 30.4 Å². The van der Waals surface area contributed by atoms with Gasteiger partial charge in [0.15, 0.2) is 0 Å². The van der Waals surface area contributed by atoms with Crippen molar-refractivity contribution in [1.82, 2.24) is 15.2 Å². The summed E-state index contributed by atoms with van der Waals surface area (Å²) in [7, 11) is -0.308. The molecule has 1 N–H and O–H groups in total. The Morgan fingerprint density at radius 2 is 1.91 bits per heavy atom. The molecule has 1 amide bonds. The van der Waals surface area contributed by atoms with Crippen molar-refractivity contribution in [2.75, 3.05) is 18.7 Å². The van der Waals surface area contributed by atoms with E-state index in [0.717, 1.165) is 23.6 Å². The summed E-state index contributed by atoms with van der Waals surface area (Å²) in [5.74, 6) is -2.47. The van der Waals surface area contributed by atoms with Crippen molar-refractivity contribution in [2.45, 2.75) is 32.7 Å². The monoisotopic (exact) mass is 514 g/mol. The number of anilines is 1. The van der Waals surface area contributed by atoms with Gasteiger partial charge in [-0.2, -0.15) is 13.2 Å². The molecule has 3 aromatic rings. The molecule has 2 heterocycles. The molecule has 0 spiro atoms. The number of benzene rings is 1. The van der Waals surface area contributed by atoms with Gasteiger partial charge in [0, 0.05) is 17.5 Å². The third kappa shape index (κ3) is 5.89. The first-order valence-corrected chi connectivity index (χ1v) is 14.5. The van der Waals surface area contributed by atoms with Gasteiger partial charge in [-0.3, -0.25) is 15.1 Å². The topological polar surface area (TPSA) is 86.2 Å². The number of alkyl halides is 3. The summed E-state index contributed by atoms with van der Waals surface area (Å²) in [6.07, 6.45) is -3.27. The van der Waals surface area contributed by atoms with Crippen LogP contribution in [0.25, 0.3) is 11.1 Å². The lowest BCUT2D eigenvalue weighted by Crippen LogP contribution is -2.29. The summed E-state index contributed by atoms with van der Waals surface area (Å²) in [6, 6.07) is 2.92. The quantitative estimate of drug-likeness (QED) is 0.327. The van der Waals surface area contributed by atoms with E-state index in [-0.39, 0.29) is 27.2 Å². The standard InChI is InChI=1S/C21H22F4N4O3SSi/c1-11-8-12(16-15(31-2)7-6-14(17(16)22)21(23,24)25)13(9-26-11)18(30)27-19-28-29-20(33-19)32-10-34(3,4)5/h6-9H,10H2,1-5H3,(H,27,28,30). The van der Waals surface area contributed by atoms with Crippen LogP contribution in [0.15, 0.2) is 24.4 Å². The predicted molar refractivity (Wildman–Crippen MR) is 123 cm³/mol. The van der Waals surface area contributed by atoms with Crippen molar-refractivity contribution < 1.29 is 31.8 Å². The number of carbonyl (C=O) groups excluding carboxylic acids is 1. The van der Waals surface area contributed by atoms with Gasteiger partial charge in [0.25, 0.3) is 11.1 Å². The minimum atomic E-state index is -4.94. The largest absolute Gasteiger partial charge is 0.496 e. The molecule has 0 aliphatic heterocycles. The maximum absolute atomic E-state index is 15.1. The van der Waals surface area contributed by atoms with Gasteiger partial charge in [-0.1, -0.05) is 24.7 Å². The van der Waals surface area contributed by atoms with Crippen LogP contribution < -0.4 is 14.8 Å². The van der Waals surface area contributed by atoms with Crippen molar-refractivity contribution in [3.8, 4) is 22.1 Å². The highest BCUT2D eigenvalue weighted by Crippen LogP contribution is 2.41. The van der Waals surface area contributed by atoms with E-state index in [1.807, 2.05) is 0 Å². The van der Waals surface area contributed by atoms with Crippen LogP contribution in [0.3, 0.4) is 0 Å². The van der Waals surface area contributed by atoms with Gasteiger partial charge in [0.2, 0.25) is 5.13 Å². The Kier molecular flexibility index (Phi) is 7.26. The molecule has 1 aromatic carbocycles. The molecule has 0 bridgehead atoms. The molecule has 0 atom stereocenters. The summed E-state index contributed by atoms with van der Waals surface area (Å²) < 4.78 is 65.9. The molecule has 0 fully saturated rings. The molecule has 0 saturated carbocycles. The molecule has 0 unspecified atom stereocenters. The number of ether oxygens (including phenoxy) is 2. The highest BCUT2D eigenvalue weighted by molar-refractivity contribution is 7.17. The van der Waals surface area contributed by atoms with Gasteiger partial charge in [-0.15, -0.1) is 5.10 Å². The minimum Gasteiger partial charge on any atom is -0.496 e. The van der Waals surface area contributed by atoms with E-state index in [1.165, 1.54) is 13.2 Å². The maximum Gasteiger partial charge on any atom is 0.419 e. The van der Waals surface area contributed by atoms with E-state index in [2.05, 4.69) is 40.1 Å². The lowest BCUT2D eigenvalue weighted by Gasteiger charge is -2.17. The molecule has 0 radical (unpaired) electrons. The van der Waals surface area contributed by atoms with E-state index >= 15 is 4.39 Å². The molecule has 182 valence electrons. The van der Waals surface area contributed by atoms with Crippen molar-refractivity contribution in [3.63, 3.8) is 0 Å². The number of rotatable bonds is 7. The SMILES string of the molecule is COc1ccc(C(F)(F)F)c(F)c1-c1cc(C)ncc1C(=O)Nc1nnc(OC[Si](C)(C)C)s1. The van der Waals surface area contributed by atoms with Gasteiger partial charge in [0.05, 0.1) is 38.1 Å². The number of halogens is 4. The number of aromatic nitrogens is 3. The Morgan fingerprint density at radius 1 is 1.21 bits per heavy atom. The number of carbonyl (C=O) groups is 1. The van der Waals surface area contributed by atoms with Crippen LogP contribution in [0.4, 0.5) is 22.7 Å². The molecule has 0 aliphatic carbocycles. The van der Waals surface area contributed by atoms with Crippen molar-refractivity contribution in [3.05, 3.63) is 47.0 Å². The number of amides is 1. The average molecular weight is 515 g/mol. The molecular formula is C21H22F4N4O3SSi. The third-order valence-electron chi connectivity index (χ3n) is 4.44. The first kappa shape index (κ1) is 25.6. The zero-order chi connectivity index (χ0) is 25.3. The summed E-state index contributed by atoms with van der Waals surface area (Å²) in [5, 5.41) is 10.6. The van der Waals surface area contributed by atoms with Crippen LogP contribution in [-0.2, 0) is 6.18 Å². The Hall–Kier alpha value is -3.06. The molecule has 0 saturated heterocycles. The molecule has 3 rings (SSSR count). The molecule has 2 aromatic heterocycles. The number of hydrogen-bond acceptors (Lipinski definition) is 7. The number of methoxy groups -OCH3 is 1. The number of nitrogens with zero attached hydrogens (tertiary/aromatic N) is 3. The van der Waals surface area contributed by atoms with Crippen LogP contribution >= 0.6 is 11.3 Å². The number of pyridine rings is 1. The van der Waals surface area contributed by atoms with Crippen LogP contribution in [-0.4, -0.2) is 42.5 Å². The zero-order valence-corrected chi connectivity index (χ0v) is 20.8. The normalized spacial score (nSPS) is 11.9. The number of aryl methyl sites for hydroxylation is 1. The second kappa shape index (κ2) is 9.66. The lowest BCUT2D eigenvalue weighted by molar-refractivity contribution is -0.139. The summed E-state index contributed by atoms with van der Waals surface area (Å²) in [6.45, 7) is 7.91. The zero-order valence-electron chi connectivity index (χ0n) is 19.0. The van der Waals surface area contributed by atoms with Crippen LogP contribution in [0.5, 0.6) is 10.9 Å².